The summed E-state index contributed by atoms with van der Waals surface area (Å²) in [5, 5.41) is 15.1. The summed E-state index contributed by atoms with van der Waals surface area (Å²) in [5.74, 6) is 0.0657. The zero-order chi connectivity index (χ0) is 16.9. The molecule has 0 heterocycles. The monoisotopic (exact) mass is 332 g/mol. The van der Waals surface area contributed by atoms with Gasteiger partial charge in [-0.1, -0.05) is 12.8 Å². The van der Waals surface area contributed by atoms with Crippen molar-refractivity contribution >= 4 is 11.7 Å². The van der Waals surface area contributed by atoms with Crippen LogP contribution in [-0.4, -0.2) is 36.1 Å². The van der Waals surface area contributed by atoms with Gasteiger partial charge < -0.3 is 20.5 Å². The summed E-state index contributed by atoms with van der Waals surface area (Å²) in [6, 6.07) is 4.84. The number of aliphatic hydroxyl groups is 1. The van der Waals surface area contributed by atoms with Crippen LogP contribution in [0.3, 0.4) is 0 Å². The van der Waals surface area contributed by atoms with Crippen LogP contribution in [0.2, 0.25) is 0 Å². The van der Waals surface area contributed by atoms with E-state index in [0.717, 1.165) is 19.3 Å². The van der Waals surface area contributed by atoms with Gasteiger partial charge >= 0.3 is 12.2 Å². The average molecular weight is 332 g/mol. The number of nitrogens with one attached hydrogen (secondary N) is 2. The molecule has 0 aliphatic heterocycles. The Bertz CT molecular complexity index is 520. The molecule has 0 bridgehead atoms. The molecule has 1 aromatic rings. The zero-order valence-corrected chi connectivity index (χ0v) is 12.4. The van der Waals surface area contributed by atoms with E-state index in [2.05, 4.69) is 15.4 Å². The topological polar surface area (TPSA) is 70.6 Å². The minimum absolute atomic E-state index is 0.0657. The largest absolute Gasteiger partial charge is 0.484 e. The van der Waals surface area contributed by atoms with Gasteiger partial charge in [0, 0.05) is 5.69 Å². The maximum absolute atomic E-state index is 12.0. The molecular weight excluding hydrogens is 313 g/mol. The number of carbonyl (C=O) groups is 1. The molecule has 0 spiro atoms. The van der Waals surface area contributed by atoms with Gasteiger partial charge in [0.15, 0.2) is 6.61 Å². The van der Waals surface area contributed by atoms with Crippen molar-refractivity contribution in [3.8, 4) is 5.75 Å². The van der Waals surface area contributed by atoms with Gasteiger partial charge in [-0.05, 0) is 37.1 Å². The first-order valence-corrected chi connectivity index (χ1v) is 7.39. The Balaban J connectivity index is 1.81. The Hall–Kier alpha value is -1.96. The highest BCUT2D eigenvalue weighted by molar-refractivity contribution is 5.89. The molecule has 1 aromatic carbocycles. The van der Waals surface area contributed by atoms with Crippen molar-refractivity contribution in [2.75, 3.05) is 11.9 Å². The van der Waals surface area contributed by atoms with Crippen molar-refractivity contribution in [2.24, 2.45) is 0 Å². The molecule has 23 heavy (non-hydrogen) atoms. The molecule has 2 rings (SSSR count). The number of urea groups is 1. The first kappa shape index (κ1) is 17.4. The molecule has 2 amide bonds. The Morgan fingerprint density at radius 2 is 1.87 bits per heavy atom. The fraction of sp³-hybridized carbons (Fsp3) is 0.533. The van der Waals surface area contributed by atoms with E-state index >= 15 is 0 Å². The maximum Gasteiger partial charge on any atom is 0.422 e. The third-order valence-corrected chi connectivity index (χ3v) is 3.56. The van der Waals surface area contributed by atoms with Gasteiger partial charge in [-0.15, -0.1) is 0 Å². The van der Waals surface area contributed by atoms with Crippen LogP contribution in [0.1, 0.15) is 25.7 Å². The van der Waals surface area contributed by atoms with Gasteiger partial charge in [0.2, 0.25) is 0 Å². The van der Waals surface area contributed by atoms with Gasteiger partial charge in [0.25, 0.3) is 0 Å². The smallest absolute Gasteiger partial charge is 0.422 e. The second-order valence-electron chi connectivity index (χ2n) is 5.48. The summed E-state index contributed by atoms with van der Waals surface area (Å²) in [6.07, 6.45) is -1.66. The van der Waals surface area contributed by atoms with Crippen molar-refractivity contribution in [3.63, 3.8) is 0 Å². The molecule has 1 fully saturated rings. The van der Waals surface area contributed by atoms with E-state index in [0.29, 0.717) is 12.1 Å². The number of hydrogen-bond acceptors (Lipinski definition) is 3. The lowest BCUT2D eigenvalue weighted by atomic mass is 9.93. The average Bonchev–Trinajstić information content (AvgIpc) is 2.48. The highest BCUT2D eigenvalue weighted by Gasteiger charge is 2.28. The third kappa shape index (κ3) is 5.97. The van der Waals surface area contributed by atoms with E-state index in [1.807, 2.05) is 0 Å². The van der Waals surface area contributed by atoms with Crippen LogP contribution in [0.5, 0.6) is 5.75 Å². The molecule has 1 aliphatic carbocycles. The predicted molar refractivity (Wildman–Crippen MR) is 78.4 cm³/mol. The van der Waals surface area contributed by atoms with Crippen LogP contribution < -0.4 is 15.4 Å². The Morgan fingerprint density at radius 3 is 2.48 bits per heavy atom. The fourth-order valence-electron chi connectivity index (χ4n) is 2.41. The molecule has 2 unspecified atom stereocenters. The van der Waals surface area contributed by atoms with E-state index in [4.69, 9.17) is 0 Å². The molecule has 3 N–H and O–H groups in total. The van der Waals surface area contributed by atoms with E-state index in [-0.39, 0.29) is 11.8 Å². The Labute approximate surface area is 131 Å². The second kappa shape index (κ2) is 7.54. The summed E-state index contributed by atoms with van der Waals surface area (Å²) >= 11 is 0. The molecule has 0 saturated heterocycles. The van der Waals surface area contributed by atoms with Crippen LogP contribution in [0.15, 0.2) is 24.3 Å². The van der Waals surface area contributed by atoms with Crippen molar-refractivity contribution in [3.05, 3.63) is 24.3 Å². The van der Waals surface area contributed by atoms with Gasteiger partial charge in [0.1, 0.15) is 5.75 Å². The normalized spacial score (nSPS) is 21.6. The molecule has 1 aliphatic rings. The van der Waals surface area contributed by atoms with Crippen LogP contribution in [0.25, 0.3) is 0 Å². The number of carbonyl (C=O) groups excluding carboxylic acids is 1. The van der Waals surface area contributed by atoms with Crippen molar-refractivity contribution < 1.29 is 27.8 Å². The summed E-state index contributed by atoms with van der Waals surface area (Å²) in [4.78, 5) is 11.9. The molecule has 0 radical (unpaired) electrons. The molecule has 128 valence electrons. The Morgan fingerprint density at radius 1 is 1.22 bits per heavy atom. The molecule has 1 saturated carbocycles. The summed E-state index contributed by atoms with van der Waals surface area (Å²) < 4.78 is 40.7. The summed E-state index contributed by atoms with van der Waals surface area (Å²) in [6.45, 7) is -1.36. The van der Waals surface area contributed by atoms with Crippen LogP contribution in [-0.2, 0) is 0 Å². The zero-order valence-electron chi connectivity index (χ0n) is 12.4. The van der Waals surface area contributed by atoms with E-state index in [1.54, 1.807) is 0 Å². The van der Waals surface area contributed by atoms with E-state index in [9.17, 15) is 23.1 Å². The Kier molecular flexibility index (Phi) is 5.70. The molecule has 2 atom stereocenters. The molecule has 8 heteroatoms. The van der Waals surface area contributed by atoms with Crippen molar-refractivity contribution in [1.82, 2.24) is 5.32 Å². The van der Waals surface area contributed by atoms with Crippen molar-refractivity contribution in [1.29, 1.82) is 0 Å². The lowest BCUT2D eigenvalue weighted by Gasteiger charge is -2.28. The number of rotatable bonds is 4. The number of hydrogen-bond donors (Lipinski definition) is 3. The predicted octanol–water partition coefficient (Wildman–Crippen LogP) is 3.05. The number of aliphatic hydroxyl groups excluding tert-OH is 1. The van der Waals surface area contributed by atoms with E-state index < -0.39 is 24.9 Å². The maximum atomic E-state index is 12.0. The number of ether oxygens (including phenoxy) is 1. The van der Waals surface area contributed by atoms with Gasteiger partial charge in [-0.2, -0.15) is 13.2 Å². The third-order valence-electron chi connectivity index (χ3n) is 3.56. The van der Waals surface area contributed by atoms with Crippen LogP contribution >= 0.6 is 0 Å². The number of benzene rings is 1. The number of anilines is 1. The van der Waals surface area contributed by atoms with Gasteiger partial charge in [0.05, 0.1) is 12.1 Å². The summed E-state index contributed by atoms with van der Waals surface area (Å²) in [5.41, 5.74) is 0.423. The van der Waals surface area contributed by atoms with Gasteiger partial charge in [-0.3, -0.25) is 0 Å². The summed E-state index contributed by atoms with van der Waals surface area (Å²) in [7, 11) is 0. The molecule has 5 nitrogen and oxygen atoms in total. The van der Waals surface area contributed by atoms with Crippen LogP contribution in [0.4, 0.5) is 23.7 Å². The second-order valence-corrected chi connectivity index (χ2v) is 5.48. The highest BCUT2D eigenvalue weighted by atomic mass is 19.4. The molecular formula is C15H19F3N2O3. The van der Waals surface area contributed by atoms with E-state index in [1.165, 1.54) is 24.3 Å². The highest BCUT2D eigenvalue weighted by Crippen LogP contribution is 2.21. The van der Waals surface area contributed by atoms with Crippen molar-refractivity contribution in [2.45, 2.75) is 44.0 Å². The number of amides is 2. The minimum Gasteiger partial charge on any atom is -0.484 e. The first-order valence-electron chi connectivity index (χ1n) is 7.39. The van der Waals surface area contributed by atoms with Crippen LogP contribution in [0, 0.1) is 0 Å². The number of halogens is 3. The lowest BCUT2D eigenvalue weighted by molar-refractivity contribution is -0.153. The lowest BCUT2D eigenvalue weighted by Crippen LogP contribution is -2.46. The SMILES string of the molecule is O=C(Nc1ccc(OCC(F)(F)F)cc1)NC1CCCCC1O. The number of alkyl halides is 3. The minimum atomic E-state index is -4.39. The fourth-order valence-corrected chi connectivity index (χ4v) is 2.41. The standard InChI is InChI=1S/C15H19F3N2O3/c16-15(17,18)9-23-11-7-5-10(6-8-11)19-14(22)20-12-3-1-2-4-13(12)21/h5-8,12-13,21H,1-4,9H2,(H2,19,20,22). The molecule has 0 aromatic heterocycles. The first-order chi connectivity index (χ1) is 10.8. The van der Waals surface area contributed by atoms with Gasteiger partial charge in [-0.25, -0.2) is 4.79 Å². The quantitative estimate of drug-likeness (QED) is 0.794.